The Balaban J connectivity index is 1.47. The first-order valence-electron chi connectivity index (χ1n) is 11.2. The Morgan fingerprint density at radius 3 is 2.50 bits per heavy atom. The zero-order valence-electron chi connectivity index (χ0n) is 19.5. The van der Waals surface area contributed by atoms with E-state index in [4.69, 9.17) is 0 Å². The lowest BCUT2D eigenvalue weighted by molar-refractivity contribution is -0.118. The maximum absolute atomic E-state index is 14.4. The Bertz CT molecular complexity index is 1250. The molecule has 0 aliphatic heterocycles. The van der Waals surface area contributed by atoms with Crippen LogP contribution in [0, 0.1) is 12.7 Å². The smallest absolute Gasteiger partial charge is 0.247 e. The fourth-order valence-electron chi connectivity index (χ4n) is 3.85. The first-order valence-corrected chi connectivity index (χ1v) is 11.2. The van der Waals surface area contributed by atoms with Crippen molar-refractivity contribution in [2.45, 2.75) is 25.8 Å². The number of benzene rings is 2. The third-order valence-corrected chi connectivity index (χ3v) is 5.76. The summed E-state index contributed by atoms with van der Waals surface area (Å²) in [4.78, 5) is 17.6. The summed E-state index contributed by atoms with van der Waals surface area (Å²) in [5.74, 6) is -0.119. The average molecular weight is 458 g/mol. The van der Waals surface area contributed by atoms with Crippen LogP contribution in [0.3, 0.4) is 0 Å². The van der Waals surface area contributed by atoms with Gasteiger partial charge in [-0.1, -0.05) is 49.4 Å². The maximum Gasteiger partial charge on any atom is 0.247 e. The minimum atomic E-state index is -0.614. The number of rotatable bonds is 8. The number of nitrogens with one attached hydrogen (secondary N) is 2. The van der Waals surface area contributed by atoms with Gasteiger partial charge < -0.3 is 10.6 Å². The molecule has 0 saturated heterocycles. The number of halogens is 1. The van der Waals surface area contributed by atoms with Crippen LogP contribution >= 0.6 is 0 Å². The van der Waals surface area contributed by atoms with Crippen LogP contribution in [0.1, 0.15) is 35.6 Å². The van der Waals surface area contributed by atoms with Crippen LogP contribution in [0.15, 0.2) is 79.3 Å². The SMILES string of the molecule is Cc1ccc(C(C)CN[C@@H](C(=O)Nc2ccc(-c3cnn(C)c3)cn2)c2ccccc2)c(F)c1. The van der Waals surface area contributed by atoms with Crippen molar-refractivity contribution in [3.63, 3.8) is 0 Å². The summed E-state index contributed by atoms with van der Waals surface area (Å²) in [6.45, 7) is 4.24. The molecule has 0 aliphatic carbocycles. The number of aryl methyl sites for hydroxylation is 2. The van der Waals surface area contributed by atoms with Crippen LogP contribution in [-0.2, 0) is 11.8 Å². The lowest BCUT2D eigenvalue weighted by Gasteiger charge is -2.22. The van der Waals surface area contributed by atoms with E-state index in [0.717, 1.165) is 22.3 Å². The van der Waals surface area contributed by atoms with E-state index in [1.807, 2.05) is 75.6 Å². The van der Waals surface area contributed by atoms with Gasteiger partial charge in [0, 0.05) is 37.1 Å². The van der Waals surface area contributed by atoms with Crippen LogP contribution in [0.4, 0.5) is 10.2 Å². The quantitative estimate of drug-likeness (QED) is 0.391. The van der Waals surface area contributed by atoms with E-state index in [0.29, 0.717) is 17.9 Å². The summed E-state index contributed by atoms with van der Waals surface area (Å²) in [7, 11) is 1.86. The van der Waals surface area contributed by atoms with Gasteiger partial charge in [0.05, 0.1) is 6.20 Å². The van der Waals surface area contributed by atoms with E-state index >= 15 is 0 Å². The Hall–Kier alpha value is -3.84. The molecule has 4 rings (SSSR count). The van der Waals surface area contributed by atoms with Crippen molar-refractivity contribution in [3.8, 4) is 11.1 Å². The van der Waals surface area contributed by atoms with Crippen LogP contribution in [-0.4, -0.2) is 27.2 Å². The minimum Gasteiger partial charge on any atom is -0.309 e. The molecular formula is C27H28FN5O. The molecule has 0 bridgehead atoms. The predicted molar refractivity (Wildman–Crippen MR) is 132 cm³/mol. The molecule has 2 atom stereocenters. The maximum atomic E-state index is 14.4. The number of nitrogens with zero attached hydrogens (tertiary/aromatic N) is 3. The fraction of sp³-hybridized carbons (Fsp3) is 0.222. The number of carbonyl (C=O) groups excluding carboxylic acids is 1. The van der Waals surface area contributed by atoms with Gasteiger partial charge in [-0.25, -0.2) is 9.37 Å². The molecule has 2 aromatic carbocycles. The Kier molecular flexibility index (Phi) is 7.13. The zero-order valence-corrected chi connectivity index (χ0v) is 19.5. The van der Waals surface area contributed by atoms with Crippen molar-refractivity contribution in [3.05, 3.63) is 102 Å². The standard InChI is InChI=1S/C27H28FN5O/c1-18-9-11-23(24(28)13-18)19(2)14-30-26(20-7-5-4-6-8-20)27(34)32-25-12-10-21(15-29-25)22-16-31-33(3)17-22/h4-13,15-17,19,26,30H,14H2,1-3H3,(H,29,32,34)/t19?,26-/m1/s1. The van der Waals surface area contributed by atoms with E-state index < -0.39 is 6.04 Å². The number of carbonyl (C=O) groups is 1. The van der Waals surface area contributed by atoms with Gasteiger partial charge in [0.1, 0.15) is 17.7 Å². The highest BCUT2D eigenvalue weighted by molar-refractivity contribution is 5.95. The summed E-state index contributed by atoms with van der Waals surface area (Å²) in [5, 5.41) is 10.4. The molecular weight excluding hydrogens is 429 g/mol. The second kappa shape index (κ2) is 10.4. The van der Waals surface area contributed by atoms with Gasteiger partial charge in [-0.15, -0.1) is 0 Å². The summed E-state index contributed by atoms with van der Waals surface area (Å²) < 4.78 is 16.2. The number of amides is 1. The van der Waals surface area contributed by atoms with Crippen molar-refractivity contribution in [2.75, 3.05) is 11.9 Å². The topological polar surface area (TPSA) is 71.8 Å². The van der Waals surface area contributed by atoms with E-state index in [9.17, 15) is 9.18 Å². The van der Waals surface area contributed by atoms with Gasteiger partial charge in [-0.2, -0.15) is 5.10 Å². The Morgan fingerprint density at radius 2 is 1.85 bits per heavy atom. The molecule has 4 aromatic rings. The highest BCUT2D eigenvalue weighted by Crippen LogP contribution is 2.23. The molecule has 0 radical (unpaired) electrons. The van der Waals surface area contributed by atoms with Crippen LogP contribution in [0.2, 0.25) is 0 Å². The normalized spacial score (nSPS) is 12.8. The summed E-state index contributed by atoms with van der Waals surface area (Å²) in [6.07, 6.45) is 5.38. The molecule has 1 unspecified atom stereocenters. The predicted octanol–water partition coefficient (Wildman–Crippen LogP) is 5.00. The molecule has 6 nitrogen and oxygen atoms in total. The Morgan fingerprint density at radius 1 is 1.06 bits per heavy atom. The number of hydrogen-bond acceptors (Lipinski definition) is 4. The molecule has 2 N–H and O–H groups in total. The van der Waals surface area contributed by atoms with Crippen molar-refractivity contribution in [2.24, 2.45) is 7.05 Å². The molecule has 1 amide bonds. The van der Waals surface area contributed by atoms with Crippen molar-refractivity contribution >= 4 is 11.7 Å². The lowest BCUT2D eigenvalue weighted by atomic mass is 9.98. The first-order chi connectivity index (χ1) is 16.4. The molecule has 2 heterocycles. The van der Waals surface area contributed by atoms with Crippen LogP contribution < -0.4 is 10.6 Å². The highest BCUT2D eigenvalue weighted by Gasteiger charge is 2.22. The first kappa shape index (κ1) is 23.3. The monoisotopic (exact) mass is 457 g/mol. The van der Waals surface area contributed by atoms with Gasteiger partial charge >= 0.3 is 0 Å². The number of anilines is 1. The van der Waals surface area contributed by atoms with Gasteiger partial charge in [0.2, 0.25) is 5.91 Å². The minimum absolute atomic E-state index is 0.114. The van der Waals surface area contributed by atoms with Crippen molar-refractivity contribution < 1.29 is 9.18 Å². The zero-order chi connectivity index (χ0) is 24.1. The van der Waals surface area contributed by atoms with Gasteiger partial charge in [0.25, 0.3) is 0 Å². The van der Waals surface area contributed by atoms with Crippen molar-refractivity contribution in [1.82, 2.24) is 20.1 Å². The molecule has 174 valence electrons. The third kappa shape index (κ3) is 5.55. The molecule has 2 aromatic heterocycles. The van der Waals surface area contributed by atoms with Crippen LogP contribution in [0.5, 0.6) is 0 Å². The van der Waals surface area contributed by atoms with E-state index in [1.165, 1.54) is 6.07 Å². The second-order valence-electron chi connectivity index (χ2n) is 8.50. The molecule has 0 saturated carbocycles. The summed E-state index contributed by atoms with van der Waals surface area (Å²) in [5.41, 5.74) is 4.19. The summed E-state index contributed by atoms with van der Waals surface area (Å²) >= 11 is 0. The second-order valence-corrected chi connectivity index (χ2v) is 8.50. The lowest BCUT2D eigenvalue weighted by Crippen LogP contribution is -2.35. The molecule has 0 fully saturated rings. The van der Waals surface area contributed by atoms with E-state index in [-0.39, 0.29) is 17.6 Å². The van der Waals surface area contributed by atoms with Crippen LogP contribution in [0.25, 0.3) is 11.1 Å². The third-order valence-electron chi connectivity index (χ3n) is 5.76. The Labute approximate surface area is 198 Å². The van der Waals surface area contributed by atoms with Gasteiger partial charge in [-0.05, 0) is 47.7 Å². The number of aromatic nitrogens is 3. The number of pyridine rings is 1. The van der Waals surface area contributed by atoms with E-state index in [2.05, 4.69) is 20.7 Å². The molecule has 34 heavy (non-hydrogen) atoms. The highest BCUT2D eigenvalue weighted by atomic mass is 19.1. The molecule has 0 aliphatic rings. The molecule has 0 spiro atoms. The van der Waals surface area contributed by atoms with Crippen molar-refractivity contribution in [1.29, 1.82) is 0 Å². The average Bonchev–Trinajstić information content (AvgIpc) is 3.26. The summed E-state index contributed by atoms with van der Waals surface area (Å²) in [6, 6.07) is 17.8. The van der Waals surface area contributed by atoms with Gasteiger partial charge in [0.15, 0.2) is 0 Å². The molecule has 7 heteroatoms. The van der Waals surface area contributed by atoms with E-state index in [1.54, 1.807) is 23.1 Å². The largest absolute Gasteiger partial charge is 0.309 e. The number of hydrogen-bond donors (Lipinski definition) is 2. The van der Waals surface area contributed by atoms with Gasteiger partial charge in [-0.3, -0.25) is 9.48 Å². The fourth-order valence-corrected chi connectivity index (χ4v) is 3.85.